The Morgan fingerprint density at radius 3 is 2.33 bits per heavy atom. The van der Waals surface area contributed by atoms with Crippen LogP contribution in [0.25, 0.3) is 5.57 Å². The summed E-state index contributed by atoms with van der Waals surface area (Å²) in [6.07, 6.45) is 1.36. The molecule has 8 heteroatoms. The number of nitrogens with zero attached hydrogens (tertiary/aromatic N) is 4. The molecule has 2 aromatic rings. The summed E-state index contributed by atoms with van der Waals surface area (Å²) in [5, 5.41) is 4.26. The summed E-state index contributed by atoms with van der Waals surface area (Å²) in [5.74, 6) is -2.27. The Balaban J connectivity index is 2.19. The Hall–Kier alpha value is -2.02. The Bertz CT molecular complexity index is 792. The van der Waals surface area contributed by atoms with E-state index in [0.29, 0.717) is 18.1 Å². The van der Waals surface area contributed by atoms with Crippen molar-refractivity contribution >= 4 is 23.1 Å². The maximum absolute atomic E-state index is 14.2. The summed E-state index contributed by atoms with van der Waals surface area (Å²) in [6, 6.07) is 1.20. The fraction of sp³-hybridized carbons (Fsp3) is 0.375. The third kappa shape index (κ3) is 2.66. The number of benzene rings is 1. The molecule has 0 amide bonds. The van der Waals surface area contributed by atoms with Gasteiger partial charge in [0.25, 0.3) is 0 Å². The monoisotopic (exact) mass is 356 g/mol. The van der Waals surface area contributed by atoms with Crippen LogP contribution in [0.15, 0.2) is 23.6 Å². The van der Waals surface area contributed by atoms with Crippen LogP contribution < -0.4 is 4.90 Å². The van der Waals surface area contributed by atoms with Gasteiger partial charge in [0, 0.05) is 23.7 Å². The summed E-state index contributed by atoms with van der Waals surface area (Å²) >= 11 is 6.49. The SMILES string of the molecule is CC(C)[C@@H](C)N1C(Cl)=C(c2c(F)cc(F)cc2F)Cn2ncnc21. The molecule has 1 aromatic heterocycles. The van der Waals surface area contributed by atoms with Crippen LogP contribution >= 0.6 is 11.6 Å². The molecule has 1 aromatic carbocycles. The lowest BCUT2D eigenvalue weighted by Crippen LogP contribution is -2.39. The first kappa shape index (κ1) is 16.8. The number of hydrogen-bond donors (Lipinski definition) is 0. The molecular formula is C16H16ClF3N4. The van der Waals surface area contributed by atoms with Crippen LogP contribution in [0.3, 0.4) is 0 Å². The van der Waals surface area contributed by atoms with Crippen LogP contribution in [-0.2, 0) is 6.54 Å². The lowest BCUT2D eigenvalue weighted by atomic mass is 10.0. The second-order valence-electron chi connectivity index (χ2n) is 6.09. The Kier molecular flexibility index (Phi) is 4.29. The number of anilines is 1. The number of halogens is 4. The van der Waals surface area contributed by atoms with Gasteiger partial charge < -0.3 is 0 Å². The Morgan fingerprint density at radius 2 is 1.75 bits per heavy atom. The van der Waals surface area contributed by atoms with Crippen LogP contribution in [0.2, 0.25) is 0 Å². The Morgan fingerprint density at radius 1 is 1.12 bits per heavy atom. The molecule has 24 heavy (non-hydrogen) atoms. The number of aromatic nitrogens is 3. The summed E-state index contributed by atoms with van der Waals surface area (Å²) < 4.78 is 43.2. The number of rotatable bonds is 3. The van der Waals surface area contributed by atoms with Crippen molar-refractivity contribution in [2.45, 2.75) is 33.4 Å². The van der Waals surface area contributed by atoms with E-state index in [1.54, 1.807) is 4.90 Å². The van der Waals surface area contributed by atoms with Crippen LogP contribution in [0.5, 0.6) is 0 Å². The van der Waals surface area contributed by atoms with E-state index in [4.69, 9.17) is 11.6 Å². The van der Waals surface area contributed by atoms with E-state index in [1.807, 2.05) is 20.8 Å². The molecule has 0 saturated heterocycles. The van der Waals surface area contributed by atoms with E-state index in [-0.39, 0.29) is 34.8 Å². The zero-order chi connectivity index (χ0) is 17.6. The highest BCUT2D eigenvalue weighted by molar-refractivity contribution is 6.34. The maximum atomic E-state index is 14.2. The summed E-state index contributed by atoms with van der Waals surface area (Å²) in [6.45, 7) is 5.99. The van der Waals surface area contributed by atoms with Crippen molar-refractivity contribution in [3.05, 3.63) is 46.6 Å². The van der Waals surface area contributed by atoms with Crippen LogP contribution in [0.1, 0.15) is 26.3 Å². The van der Waals surface area contributed by atoms with Crippen LogP contribution in [0, 0.1) is 23.4 Å². The molecule has 1 atom stereocenters. The van der Waals surface area contributed by atoms with E-state index in [2.05, 4.69) is 10.1 Å². The van der Waals surface area contributed by atoms with Gasteiger partial charge in [0.15, 0.2) is 0 Å². The fourth-order valence-corrected chi connectivity index (χ4v) is 3.06. The van der Waals surface area contributed by atoms with Gasteiger partial charge in [0.2, 0.25) is 5.95 Å². The van der Waals surface area contributed by atoms with E-state index in [1.165, 1.54) is 11.0 Å². The quantitative estimate of drug-likeness (QED) is 0.774. The standard InChI is InChI=1S/C16H16ClF3N4/c1-8(2)9(3)24-15(17)11(6-23-16(24)21-7-22-23)14-12(19)4-10(18)5-13(14)20/h4-5,7-9H,6H2,1-3H3/t9-/m1/s1. The van der Waals surface area contributed by atoms with E-state index < -0.39 is 17.5 Å². The van der Waals surface area contributed by atoms with Crippen molar-refractivity contribution in [2.24, 2.45) is 5.92 Å². The zero-order valence-corrected chi connectivity index (χ0v) is 14.2. The van der Waals surface area contributed by atoms with Gasteiger partial charge in [-0.25, -0.2) is 17.9 Å². The second-order valence-corrected chi connectivity index (χ2v) is 6.44. The van der Waals surface area contributed by atoms with Crippen molar-refractivity contribution in [1.82, 2.24) is 14.8 Å². The largest absolute Gasteiger partial charge is 0.298 e. The molecule has 0 saturated carbocycles. The number of fused-ring (bicyclic) bond motifs is 1. The molecular weight excluding hydrogens is 341 g/mol. The molecule has 3 rings (SSSR count). The lowest BCUT2D eigenvalue weighted by molar-refractivity contribution is 0.491. The topological polar surface area (TPSA) is 34.0 Å². The number of allylic oxidation sites excluding steroid dienone is 1. The molecule has 4 nitrogen and oxygen atoms in total. The molecule has 0 radical (unpaired) electrons. The molecule has 0 fully saturated rings. The van der Waals surface area contributed by atoms with Crippen LogP contribution in [0.4, 0.5) is 19.1 Å². The molecule has 1 aliphatic heterocycles. The fourth-order valence-electron chi connectivity index (χ4n) is 2.68. The minimum atomic E-state index is -0.999. The van der Waals surface area contributed by atoms with Gasteiger partial charge in [0.1, 0.15) is 28.9 Å². The third-order valence-corrected chi connectivity index (χ3v) is 4.67. The van der Waals surface area contributed by atoms with Gasteiger partial charge in [-0.05, 0) is 12.8 Å². The van der Waals surface area contributed by atoms with Gasteiger partial charge in [0.05, 0.1) is 12.1 Å². The molecule has 0 bridgehead atoms. The smallest absolute Gasteiger partial charge is 0.229 e. The zero-order valence-electron chi connectivity index (χ0n) is 13.4. The van der Waals surface area contributed by atoms with E-state index in [0.717, 1.165) is 0 Å². The first-order valence-corrected chi connectivity index (χ1v) is 7.89. The normalized spacial score (nSPS) is 15.9. The highest BCUT2D eigenvalue weighted by Gasteiger charge is 2.33. The van der Waals surface area contributed by atoms with Crippen molar-refractivity contribution < 1.29 is 13.2 Å². The first-order chi connectivity index (χ1) is 11.3. The molecule has 0 spiro atoms. The van der Waals surface area contributed by atoms with E-state index in [9.17, 15) is 13.2 Å². The summed E-state index contributed by atoms with van der Waals surface area (Å²) in [5.41, 5.74) is -0.138. The average molecular weight is 357 g/mol. The van der Waals surface area contributed by atoms with Gasteiger partial charge in [-0.1, -0.05) is 25.4 Å². The molecule has 1 aliphatic rings. The Labute approximate surface area is 142 Å². The first-order valence-electron chi connectivity index (χ1n) is 7.51. The molecule has 128 valence electrons. The predicted molar refractivity (Wildman–Crippen MR) is 85.9 cm³/mol. The predicted octanol–water partition coefficient (Wildman–Crippen LogP) is 4.17. The lowest BCUT2D eigenvalue weighted by Gasteiger charge is -2.36. The van der Waals surface area contributed by atoms with Gasteiger partial charge in [-0.2, -0.15) is 10.1 Å². The van der Waals surface area contributed by atoms with Crippen LogP contribution in [-0.4, -0.2) is 20.8 Å². The third-order valence-electron chi connectivity index (χ3n) is 4.26. The van der Waals surface area contributed by atoms with Gasteiger partial charge in [-0.15, -0.1) is 0 Å². The molecule has 0 N–H and O–H groups in total. The second kappa shape index (κ2) is 6.12. The maximum Gasteiger partial charge on any atom is 0.229 e. The minimum absolute atomic E-state index is 0.0505. The highest BCUT2D eigenvalue weighted by atomic mass is 35.5. The minimum Gasteiger partial charge on any atom is -0.298 e. The molecule has 0 unspecified atom stereocenters. The van der Waals surface area contributed by atoms with Gasteiger partial charge in [-0.3, -0.25) is 4.90 Å². The van der Waals surface area contributed by atoms with Crippen molar-refractivity contribution in [1.29, 1.82) is 0 Å². The van der Waals surface area contributed by atoms with E-state index >= 15 is 0 Å². The summed E-state index contributed by atoms with van der Waals surface area (Å²) in [4.78, 5) is 5.89. The van der Waals surface area contributed by atoms with Gasteiger partial charge >= 0.3 is 0 Å². The average Bonchev–Trinajstić information content (AvgIpc) is 2.93. The molecule has 0 aliphatic carbocycles. The molecule has 2 heterocycles. The summed E-state index contributed by atoms with van der Waals surface area (Å²) in [7, 11) is 0. The van der Waals surface area contributed by atoms with Crippen molar-refractivity contribution in [2.75, 3.05) is 4.90 Å². The van der Waals surface area contributed by atoms with Crippen molar-refractivity contribution in [3.63, 3.8) is 0 Å². The van der Waals surface area contributed by atoms with Crippen molar-refractivity contribution in [3.8, 4) is 0 Å². The highest BCUT2D eigenvalue weighted by Crippen LogP contribution is 2.38. The number of hydrogen-bond acceptors (Lipinski definition) is 3.